The van der Waals surface area contributed by atoms with Gasteiger partial charge in [0.25, 0.3) is 0 Å². The van der Waals surface area contributed by atoms with Gasteiger partial charge in [-0.25, -0.2) is 0 Å². The Balaban J connectivity index is 2.36. The van der Waals surface area contributed by atoms with Crippen LogP contribution in [0.1, 0.15) is 29.7 Å². The SMILES string of the molecule is CCn1cc(C(O)c2cccc(Br)c2C)cn1. The Kier molecular flexibility index (Phi) is 3.64. The molecule has 0 fully saturated rings. The summed E-state index contributed by atoms with van der Waals surface area (Å²) in [5.41, 5.74) is 2.80. The number of rotatable bonds is 3. The first kappa shape index (κ1) is 12.3. The Morgan fingerprint density at radius 3 is 2.88 bits per heavy atom. The molecule has 1 unspecified atom stereocenters. The van der Waals surface area contributed by atoms with E-state index in [1.165, 1.54) is 0 Å². The van der Waals surface area contributed by atoms with E-state index in [0.717, 1.165) is 27.7 Å². The van der Waals surface area contributed by atoms with Crippen LogP contribution in [0.15, 0.2) is 35.1 Å². The largest absolute Gasteiger partial charge is 0.384 e. The van der Waals surface area contributed by atoms with Gasteiger partial charge >= 0.3 is 0 Å². The predicted octanol–water partition coefficient (Wildman–Crippen LogP) is 3.06. The topological polar surface area (TPSA) is 38.0 Å². The van der Waals surface area contributed by atoms with Gasteiger partial charge in [-0.15, -0.1) is 0 Å². The number of nitrogens with zero attached hydrogens (tertiary/aromatic N) is 2. The molecule has 1 atom stereocenters. The number of aryl methyl sites for hydroxylation is 1. The van der Waals surface area contributed by atoms with Gasteiger partial charge in [0.1, 0.15) is 6.10 Å². The maximum Gasteiger partial charge on any atom is 0.107 e. The van der Waals surface area contributed by atoms with Gasteiger partial charge in [0, 0.05) is 22.8 Å². The smallest absolute Gasteiger partial charge is 0.107 e. The zero-order valence-electron chi connectivity index (χ0n) is 9.89. The van der Waals surface area contributed by atoms with Gasteiger partial charge in [-0.05, 0) is 31.0 Å². The first-order chi connectivity index (χ1) is 8.13. The lowest BCUT2D eigenvalue weighted by molar-refractivity contribution is 0.219. The third-order valence-corrected chi connectivity index (χ3v) is 3.76. The Morgan fingerprint density at radius 1 is 1.47 bits per heavy atom. The van der Waals surface area contributed by atoms with Gasteiger partial charge in [-0.1, -0.05) is 28.1 Å². The molecule has 0 bridgehead atoms. The van der Waals surface area contributed by atoms with Crippen molar-refractivity contribution in [2.45, 2.75) is 26.5 Å². The molecule has 0 radical (unpaired) electrons. The molecule has 0 spiro atoms. The van der Waals surface area contributed by atoms with Gasteiger partial charge in [0.15, 0.2) is 0 Å². The minimum atomic E-state index is -0.618. The van der Waals surface area contributed by atoms with Crippen molar-refractivity contribution < 1.29 is 5.11 Å². The van der Waals surface area contributed by atoms with Crippen molar-refractivity contribution in [2.24, 2.45) is 0 Å². The molecule has 1 heterocycles. The quantitative estimate of drug-likeness (QED) is 0.945. The van der Waals surface area contributed by atoms with E-state index in [1.807, 2.05) is 42.9 Å². The molecule has 0 aliphatic heterocycles. The van der Waals surface area contributed by atoms with E-state index in [1.54, 1.807) is 6.20 Å². The van der Waals surface area contributed by atoms with Crippen LogP contribution in [-0.4, -0.2) is 14.9 Å². The molecule has 2 rings (SSSR count). The minimum Gasteiger partial charge on any atom is -0.384 e. The van der Waals surface area contributed by atoms with Gasteiger partial charge < -0.3 is 5.11 Å². The molecule has 1 N–H and O–H groups in total. The molecule has 4 heteroatoms. The molecule has 1 aromatic carbocycles. The van der Waals surface area contributed by atoms with E-state index in [-0.39, 0.29) is 0 Å². The lowest BCUT2D eigenvalue weighted by Crippen LogP contribution is -2.01. The number of hydrogen-bond acceptors (Lipinski definition) is 2. The van der Waals surface area contributed by atoms with Gasteiger partial charge in [-0.2, -0.15) is 5.10 Å². The third kappa shape index (κ3) is 2.42. The number of benzene rings is 1. The Bertz CT molecular complexity index is 522. The summed E-state index contributed by atoms with van der Waals surface area (Å²) >= 11 is 3.47. The van der Waals surface area contributed by atoms with Crippen LogP contribution in [0.2, 0.25) is 0 Å². The number of aromatic nitrogens is 2. The van der Waals surface area contributed by atoms with Crippen molar-refractivity contribution in [3.05, 3.63) is 51.8 Å². The summed E-state index contributed by atoms with van der Waals surface area (Å²) in [7, 11) is 0. The fourth-order valence-electron chi connectivity index (χ4n) is 1.79. The highest BCUT2D eigenvalue weighted by atomic mass is 79.9. The molecule has 2 aromatic rings. The summed E-state index contributed by atoms with van der Waals surface area (Å²) in [4.78, 5) is 0. The van der Waals surface area contributed by atoms with Crippen molar-refractivity contribution in [1.29, 1.82) is 0 Å². The highest BCUT2D eigenvalue weighted by molar-refractivity contribution is 9.10. The standard InChI is InChI=1S/C13H15BrN2O/c1-3-16-8-10(7-15-16)13(17)11-5-4-6-12(14)9(11)2/h4-8,13,17H,3H2,1-2H3. The van der Waals surface area contributed by atoms with Crippen LogP contribution in [-0.2, 0) is 6.54 Å². The van der Waals surface area contributed by atoms with E-state index in [2.05, 4.69) is 21.0 Å². The van der Waals surface area contributed by atoms with E-state index >= 15 is 0 Å². The van der Waals surface area contributed by atoms with Crippen LogP contribution < -0.4 is 0 Å². The Hall–Kier alpha value is -1.13. The number of aliphatic hydroxyl groups excluding tert-OH is 1. The Morgan fingerprint density at radius 2 is 2.24 bits per heavy atom. The number of halogens is 1. The first-order valence-electron chi connectivity index (χ1n) is 5.59. The predicted molar refractivity (Wildman–Crippen MR) is 70.8 cm³/mol. The highest BCUT2D eigenvalue weighted by Crippen LogP contribution is 2.28. The summed E-state index contributed by atoms with van der Waals surface area (Å²) in [6.07, 6.45) is 2.98. The second-order valence-corrected chi connectivity index (χ2v) is 4.84. The highest BCUT2D eigenvalue weighted by Gasteiger charge is 2.15. The van der Waals surface area contributed by atoms with Crippen LogP contribution in [0.3, 0.4) is 0 Å². The van der Waals surface area contributed by atoms with Crippen LogP contribution in [0.4, 0.5) is 0 Å². The van der Waals surface area contributed by atoms with E-state index < -0.39 is 6.10 Å². The molecule has 0 amide bonds. The fourth-order valence-corrected chi connectivity index (χ4v) is 2.18. The summed E-state index contributed by atoms with van der Waals surface area (Å²) < 4.78 is 2.82. The van der Waals surface area contributed by atoms with Crippen LogP contribution in [0, 0.1) is 6.92 Å². The zero-order valence-corrected chi connectivity index (χ0v) is 11.5. The second-order valence-electron chi connectivity index (χ2n) is 3.99. The molecule has 0 saturated carbocycles. The lowest BCUT2D eigenvalue weighted by Gasteiger charge is -2.13. The van der Waals surface area contributed by atoms with E-state index in [4.69, 9.17) is 0 Å². The van der Waals surface area contributed by atoms with Crippen LogP contribution in [0.5, 0.6) is 0 Å². The monoisotopic (exact) mass is 294 g/mol. The third-order valence-electron chi connectivity index (χ3n) is 2.90. The average Bonchev–Trinajstić information content (AvgIpc) is 2.80. The molecular weight excluding hydrogens is 280 g/mol. The lowest BCUT2D eigenvalue weighted by atomic mass is 10.00. The minimum absolute atomic E-state index is 0.618. The molecule has 0 saturated heterocycles. The average molecular weight is 295 g/mol. The van der Waals surface area contributed by atoms with E-state index in [0.29, 0.717) is 0 Å². The number of aliphatic hydroxyl groups is 1. The van der Waals surface area contributed by atoms with Crippen LogP contribution in [0.25, 0.3) is 0 Å². The van der Waals surface area contributed by atoms with Crippen molar-refractivity contribution in [1.82, 2.24) is 9.78 Å². The first-order valence-corrected chi connectivity index (χ1v) is 6.38. The maximum absolute atomic E-state index is 10.3. The molecule has 0 aliphatic rings. The summed E-state index contributed by atoms with van der Waals surface area (Å²) in [5, 5.41) is 14.5. The van der Waals surface area contributed by atoms with Crippen molar-refractivity contribution in [3.63, 3.8) is 0 Å². The molecule has 1 aromatic heterocycles. The van der Waals surface area contributed by atoms with E-state index in [9.17, 15) is 5.11 Å². The maximum atomic E-state index is 10.3. The molecule has 90 valence electrons. The van der Waals surface area contributed by atoms with Crippen molar-refractivity contribution in [2.75, 3.05) is 0 Å². The molecule has 0 aliphatic carbocycles. The van der Waals surface area contributed by atoms with Gasteiger partial charge in [0.05, 0.1) is 6.20 Å². The second kappa shape index (κ2) is 5.02. The number of hydrogen-bond donors (Lipinski definition) is 1. The zero-order chi connectivity index (χ0) is 12.4. The van der Waals surface area contributed by atoms with Crippen molar-refractivity contribution in [3.8, 4) is 0 Å². The Labute approximate surface area is 109 Å². The fraction of sp³-hybridized carbons (Fsp3) is 0.308. The summed E-state index contributed by atoms with van der Waals surface area (Å²) in [6, 6.07) is 5.84. The van der Waals surface area contributed by atoms with Gasteiger partial charge in [-0.3, -0.25) is 4.68 Å². The van der Waals surface area contributed by atoms with Crippen LogP contribution >= 0.6 is 15.9 Å². The van der Waals surface area contributed by atoms with Gasteiger partial charge in [0.2, 0.25) is 0 Å². The molecular formula is C13H15BrN2O. The molecule has 17 heavy (non-hydrogen) atoms. The normalized spacial score (nSPS) is 12.7. The summed E-state index contributed by atoms with van der Waals surface area (Å²) in [5.74, 6) is 0. The molecule has 3 nitrogen and oxygen atoms in total. The van der Waals surface area contributed by atoms with Crippen molar-refractivity contribution >= 4 is 15.9 Å². The summed E-state index contributed by atoms with van der Waals surface area (Å²) in [6.45, 7) is 4.82.